The number of carbonyl (C=O) groups is 1. The Morgan fingerprint density at radius 1 is 1.15 bits per heavy atom. The summed E-state index contributed by atoms with van der Waals surface area (Å²) in [5.41, 5.74) is 4.71. The SMILES string of the molecule is CCCNC(=O)C[C@H](c1ccc(Cl)cc1)c1c[nH]c2c(CC)cccc12. The van der Waals surface area contributed by atoms with Gasteiger partial charge in [-0.05, 0) is 41.7 Å². The van der Waals surface area contributed by atoms with Crippen molar-refractivity contribution in [1.29, 1.82) is 0 Å². The lowest BCUT2D eigenvalue weighted by Crippen LogP contribution is -2.26. The van der Waals surface area contributed by atoms with Crippen LogP contribution in [0.25, 0.3) is 10.9 Å². The number of rotatable bonds is 7. The molecule has 3 rings (SSSR count). The van der Waals surface area contributed by atoms with Crippen LogP contribution >= 0.6 is 11.6 Å². The lowest BCUT2D eigenvalue weighted by molar-refractivity contribution is -0.121. The second kappa shape index (κ2) is 8.41. The fourth-order valence-electron chi connectivity index (χ4n) is 3.45. The number of H-pyrrole nitrogens is 1. The molecule has 1 aromatic heterocycles. The van der Waals surface area contributed by atoms with Gasteiger partial charge in [0.1, 0.15) is 0 Å². The van der Waals surface area contributed by atoms with Crippen molar-refractivity contribution in [3.05, 3.63) is 70.4 Å². The summed E-state index contributed by atoms with van der Waals surface area (Å²) in [6.45, 7) is 4.92. The van der Waals surface area contributed by atoms with Gasteiger partial charge in [0.15, 0.2) is 0 Å². The van der Waals surface area contributed by atoms with E-state index in [0.717, 1.165) is 29.5 Å². The molecule has 26 heavy (non-hydrogen) atoms. The zero-order valence-corrected chi connectivity index (χ0v) is 16.1. The molecular weight excluding hydrogens is 344 g/mol. The standard InChI is InChI=1S/C22H25ClN2O/c1-3-12-24-21(26)13-19(16-8-10-17(23)11-9-16)20-14-25-22-15(4-2)6-5-7-18(20)22/h5-11,14,19,25H,3-4,12-13H2,1-2H3,(H,24,26)/t19-/m1/s1. The zero-order valence-electron chi connectivity index (χ0n) is 15.3. The predicted octanol–water partition coefficient (Wildman–Crippen LogP) is 5.43. The van der Waals surface area contributed by atoms with Crippen LogP contribution in [0.3, 0.4) is 0 Å². The van der Waals surface area contributed by atoms with Crippen molar-refractivity contribution in [2.75, 3.05) is 6.54 Å². The van der Waals surface area contributed by atoms with Gasteiger partial charge in [-0.3, -0.25) is 4.79 Å². The van der Waals surface area contributed by atoms with Gasteiger partial charge in [-0.15, -0.1) is 0 Å². The molecule has 0 radical (unpaired) electrons. The summed E-state index contributed by atoms with van der Waals surface area (Å²) in [6, 6.07) is 14.2. The molecule has 136 valence electrons. The third kappa shape index (κ3) is 3.94. The van der Waals surface area contributed by atoms with E-state index in [-0.39, 0.29) is 11.8 Å². The summed E-state index contributed by atoms with van der Waals surface area (Å²) < 4.78 is 0. The molecule has 4 heteroatoms. The largest absolute Gasteiger partial charge is 0.361 e. The topological polar surface area (TPSA) is 44.9 Å². The third-order valence-electron chi connectivity index (χ3n) is 4.82. The normalized spacial score (nSPS) is 12.3. The number of hydrogen-bond donors (Lipinski definition) is 2. The Kier molecular flexibility index (Phi) is 6.00. The molecule has 0 fully saturated rings. The first-order chi connectivity index (χ1) is 12.6. The van der Waals surface area contributed by atoms with Crippen LogP contribution < -0.4 is 5.32 Å². The summed E-state index contributed by atoms with van der Waals surface area (Å²) in [7, 11) is 0. The Bertz CT molecular complexity index is 883. The average Bonchev–Trinajstić information content (AvgIpc) is 3.09. The van der Waals surface area contributed by atoms with Crippen LogP contribution in [0.15, 0.2) is 48.7 Å². The fraction of sp³-hybridized carbons (Fsp3) is 0.318. The van der Waals surface area contributed by atoms with Crippen LogP contribution in [0.1, 0.15) is 49.3 Å². The summed E-state index contributed by atoms with van der Waals surface area (Å²) >= 11 is 6.06. The van der Waals surface area contributed by atoms with E-state index >= 15 is 0 Å². The van der Waals surface area contributed by atoms with E-state index in [1.165, 1.54) is 10.9 Å². The van der Waals surface area contributed by atoms with E-state index in [1.807, 2.05) is 24.3 Å². The molecule has 0 saturated heterocycles. The van der Waals surface area contributed by atoms with Crippen molar-refractivity contribution in [2.24, 2.45) is 0 Å². The molecule has 3 aromatic rings. The lowest BCUT2D eigenvalue weighted by atomic mass is 9.87. The van der Waals surface area contributed by atoms with Crippen LogP contribution in [0.5, 0.6) is 0 Å². The number of amides is 1. The highest BCUT2D eigenvalue weighted by Gasteiger charge is 2.22. The molecule has 0 aliphatic heterocycles. The van der Waals surface area contributed by atoms with Crippen molar-refractivity contribution in [2.45, 2.75) is 39.0 Å². The van der Waals surface area contributed by atoms with E-state index in [0.29, 0.717) is 18.0 Å². The average molecular weight is 369 g/mol. The lowest BCUT2D eigenvalue weighted by Gasteiger charge is -2.17. The van der Waals surface area contributed by atoms with Crippen molar-refractivity contribution in [1.82, 2.24) is 10.3 Å². The van der Waals surface area contributed by atoms with Crippen molar-refractivity contribution in [3.63, 3.8) is 0 Å². The van der Waals surface area contributed by atoms with Gasteiger partial charge < -0.3 is 10.3 Å². The van der Waals surface area contributed by atoms with Gasteiger partial charge >= 0.3 is 0 Å². The Labute approximate surface area is 159 Å². The molecule has 3 nitrogen and oxygen atoms in total. The smallest absolute Gasteiger partial charge is 0.220 e. The molecule has 2 N–H and O–H groups in total. The van der Waals surface area contributed by atoms with Gasteiger partial charge in [0, 0.05) is 41.0 Å². The number of para-hydroxylation sites is 1. The highest BCUT2D eigenvalue weighted by atomic mass is 35.5. The van der Waals surface area contributed by atoms with Crippen molar-refractivity contribution in [3.8, 4) is 0 Å². The number of halogens is 1. The summed E-state index contributed by atoms with van der Waals surface area (Å²) in [6.07, 6.45) is 4.38. The molecule has 0 saturated carbocycles. The van der Waals surface area contributed by atoms with E-state index in [4.69, 9.17) is 11.6 Å². The van der Waals surface area contributed by atoms with Gasteiger partial charge in [-0.1, -0.05) is 55.8 Å². The van der Waals surface area contributed by atoms with E-state index in [9.17, 15) is 4.79 Å². The van der Waals surface area contributed by atoms with Gasteiger partial charge in [-0.2, -0.15) is 0 Å². The maximum absolute atomic E-state index is 12.5. The summed E-state index contributed by atoms with van der Waals surface area (Å²) in [5, 5.41) is 4.89. The molecule has 0 spiro atoms. The molecule has 0 bridgehead atoms. The minimum absolute atomic E-state index is 0.00928. The molecule has 0 aliphatic carbocycles. The van der Waals surface area contributed by atoms with E-state index in [1.54, 1.807) is 0 Å². The van der Waals surface area contributed by atoms with Crippen molar-refractivity contribution >= 4 is 28.4 Å². The van der Waals surface area contributed by atoms with E-state index in [2.05, 4.69) is 48.5 Å². The molecule has 0 aliphatic rings. The third-order valence-corrected chi connectivity index (χ3v) is 5.08. The quantitative estimate of drug-likeness (QED) is 0.573. The minimum atomic E-state index is -0.00928. The first-order valence-electron chi connectivity index (χ1n) is 9.25. The zero-order chi connectivity index (χ0) is 18.5. The van der Waals surface area contributed by atoms with Crippen LogP contribution in [0.4, 0.5) is 0 Å². The summed E-state index contributed by atoms with van der Waals surface area (Å²) in [5.74, 6) is 0.0674. The first kappa shape index (κ1) is 18.5. The van der Waals surface area contributed by atoms with Crippen LogP contribution in [0.2, 0.25) is 5.02 Å². The number of aromatic amines is 1. The Balaban J connectivity index is 2.03. The number of aromatic nitrogens is 1. The summed E-state index contributed by atoms with van der Waals surface area (Å²) in [4.78, 5) is 15.9. The Hall–Kier alpha value is -2.26. The number of aryl methyl sites for hydroxylation is 1. The molecular formula is C22H25ClN2O. The minimum Gasteiger partial charge on any atom is -0.361 e. The fourth-order valence-corrected chi connectivity index (χ4v) is 3.57. The van der Waals surface area contributed by atoms with Gasteiger partial charge in [0.25, 0.3) is 0 Å². The van der Waals surface area contributed by atoms with Crippen LogP contribution in [-0.2, 0) is 11.2 Å². The second-order valence-corrected chi connectivity index (χ2v) is 7.03. The van der Waals surface area contributed by atoms with Crippen molar-refractivity contribution < 1.29 is 4.79 Å². The number of benzene rings is 2. The molecule has 1 heterocycles. The highest BCUT2D eigenvalue weighted by molar-refractivity contribution is 6.30. The van der Waals surface area contributed by atoms with Crippen LogP contribution in [-0.4, -0.2) is 17.4 Å². The molecule has 1 atom stereocenters. The Morgan fingerprint density at radius 2 is 1.92 bits per heavy atom. The van der Waals surface area contributed by atoms with Gasteiger partial charge in [0.05, 0.1) is 0 Å². The molecule has 0 unspecified atom stereocenters. The number of nitrogens with one attached hydrogen (secondary N) is 2. The first-order valence-corrected chi connectivity index (χ1v) is 9.62. The monoisotopic (exact) mass is 368 g/mol. The maximum atomic E-state index is 12.5. The highest BCUT2D eigenvalue weighted by Crippen LogP contribution is 2.35. The van der Waals surface area contributed by atoms with Crippen LogP contribution in [0, 0.1) is 0 Å². The second-order valence-electron chi connectivity index (χ2n) is 6.60. The Morgan fingerprint density at radius 3 is 2.62 bits per heavy atom. The van der Waals surface area contributed by atoms with Gasteiger partial charge in [0.2, 0.25) is 5.91 Å². The van der Waals surface area contributed by atoms with Gasteiger partial charge in [-0.25, -0.2) is 0 Å². The number of carbonyl (C=O) groups excluding carboxylic acids is 1. The predicted molar refractivity (Wildman–Crippen MR) is 109 cm³/mol. The van der Waals surface area contributed by atoms with E-state index < -0.39 is 0 Å². The number of hydrogen-bond acceptors (Lipinski definition) is 1. The number of fused-ring (bicyclic) bond motifs is 1. The maximum Gasteiger partial charge on any atom is 0.220 e. The molecule has 1 amide bonds. The molecule has 2 aromatic carbocycles.